The van der Waals surface area contributed by atoms with Gasteiger partial charge < -0.3 is 5.32 Å². The van der Waals surface area contributed by atoms with E-state index in [-0.39, 0.29) is 13.3 Å². The van der Waals surface area contributed by atoms with Crippen molar-refractivity contribution in [1.82, 2.24) is 5.32 Å². The molecule has 1 N–H and O–H groups in total. The fourth-order valence-electron chi connectivity index (χ4n) is 1.01. The topological polar surface area (TPSA) is 29.1 Å². The highest BCUT2D eigenvalue weighted by Gasteiger charge is 1.95. The van der Waals surface area contributed by atoms with Crippen molar-refractivity contribution in [3.63, 3.8) is 0 Å². The summed E-state index contributed by atoms with van der Waals surface area (Å²) < 4.78 is 0. The molecule has 0 unspecified atom stereocenters. The van der Waals surface area contributed by atoms with E-state index in [0.29, 0.717) is 6.42 Å². The van der Waals surface area contributed by atoms with Gasteiger partial charge in [-0.25, -0.2) is 0 Å². The standard InChI is InChI=1S/C9H19NO.CH4/c1-3-4-5-6-7-8-9(11)10-2;/h3-8H2,1-2H3,(H,10,11);1H4. The van der Waals surface area contributed by atoms with E-state index in [4.69, 9.17) is 0 Å². The Labute approximate surface area is 76.7 Å². The van der Waals surface area contributed by atoms with Gasteiger partial charge in [0.05, 0.1) is 0 Å². The van der Waals surface area contributed by atoms with Crippen LogP contribution in [-0.4, -0.2) is 13.0 Å². The van der Waals surface area contributed by atoms with Gasteiger partial charge in [0, 0.05) is 13.5 Å². The van der Waals surface area contributed by atoms with E-state index >= 15 is 0 Å². The second kappa shape index (κ2) is 10.5. The Morgan fingerprint density at radius 2 is 1.75 bits per heavy atom. The minimum Gasteiger partial charge on any atom is -0.359 e. The lowest BCUT2D eigenvalue weighted by Gasteiger charge is -1.98. The van der Waals surface area contributed by atoms with E-state index in [2.05, 4.69) is 12.2 Å². The van der Waals surface area contributed by atoms with E-state index < -0.39 is 0 Å². The number of nitrogens with one attached hydrogen (secondary N) is 1. The molecule has 0 spiro atoms. The maximum absolute atomic E-state index is 10.7. The predicted octanol–water partition coefficient (Wildman–Crippen LogP) is 2.73. The zero-order valence-electron chi connectivity index (χ0n) is 7.65. The molecule has 2 nitrogen and oxygen atoms in total. The maximum Gasteiger partial charge on any atom is 0.219 e. The molecule has 0 aliphatic heterocycles. The summed E-state index contributed by atoms with van der Waals surface area (Å²) in [4.78, 5) is 10.7. The number of rotatable bonds is 6. The number of hydrogen-bond donors (Lipinski definition) is 1. The molecule has 0 aliphatic rings. The van der Waals surface area contributed by atoms with E-state index in [1.165, 1.54) is 25.7 Å². The van der Waals surface area contributed by atoms with Crippen molar-refractivity contribution < 1.29 is 4.79 Å². The van der Waals surface area contributed by atoms with Gasteiger partial charge in [-0.1, -0.05) is 40.0 Å². The van der Waals surface area contributed by atoms with Crippen LogP contribution >= 0.6 is 0 Å². The zero-order valence-corrected chi connectivity index (χ0v) is 7.65. The van der Waals surface area contributed by atoms with Crippen molar-refractivity contribution in [3.05, 3.63) is 0 Å². The van der Waals surface area contributed by atoms with Crippen molar-refractivity contribution >= 4 is 5.91 Å². The van der Waals surface area contributed by atoms with Crippen molar-refractivity contribution in [3.8, 4) is 0 Å². The molecule has 0 fully saturated rings. The number of unbranched alkanes of at least 4 members (excludes halogenated alkanes) is 4. The second-order valence-corrected chi connectivity index (χ2v) is 2.84. The Kier molecular flexibility index (Phi) is 12.2. The van der Waals surface area contributed by atoms with Gasteiger partial charge in [-0.3, -0.25) is 4.79 Å². The molecule has 0 radical (unpaired) electrons. The van der Waals surface area contributed by atoms with E-state index in [1.807, 2.05) is 0 Å². The smallest absolute Gasteiger partial charge is 0.219 e. The normalized spacial score (nSPS) is 8.83. The fourth-order valence-corrected chi connectivity index (χ4v) is 1.01. The molecule has 0 saturated heterocycles. The third kappa shape index (κ3) is 9.47. The average molecular weight is 173 g/mol. The van der Waals surface area contributed by atoms with E-state index in [1.54, 1.807) is 7.05 Å². The zero-order chi connectivity index (χ0) is 8.53. The van der Waals surface area contributed by atoms with E-state index in [0.717, 1.165) is 6.42 Å². The van der Waals surface area contributed by atoms with E-state index in [9.17, 15) is 4.79 Å². The molecule has 12 heavy (non-hydrogen) atoms. The molecule has 2 heteroatoms. The summed E-state index contributed by atoms with van der Waals surface area (Å²) in [5.41, 5.74) is 0. The van der Waals surface area contributed by atoms with Crippen molar-refractivity contribution in [2.45, 2.75) is 52.9 Å². The molecule has 0 aromatic heterocycles. The lowest BCUT2D eigenvalue weighted by atomic mass is 10.1. The molecule has 74 valence electrons. The predicted molar refractivity (Wildman–Crippen MR) is 54.2 cm³/mol. The molecule has 1 amide bonds. The van der Waals surface area contributed by atoms with Crippen LogP contribution in [0.15, 0.2) is 0 Å². The molecular weight excluding hydrogens is 150 g/mol. The van der Waals surface area contributed by atoms with Gasteiger partial charge in [-0.15, -0.1) is 0 Å². The fraction of sp³-hybridized carbons (Fsp3) is 0.900. The molecule has 0 rings (SSSR count). The Morgan fingerprint density at radius 1 is 1.17 bits per heavy atom. The monoisotopic (exact) mass is 173 g/mol. The van der Waals surface area contributed by atoms with Crippen molar-refractivity contribution in [2.75, 3.05) is 7.05 Å². The molecule has 0 aromatic carbocycles. The first-order chi connectivity index (χ1) is 5.31. The first-order valence-electron chi connectivity index (χ1n) is 4.51. The average Bonchev–Trinajstić information content (AvgIpc) is 2.04. The molecular formula is C10H23NO. The minimum absolute atomic E-state index is 0. The van der Waals surface area contributed by atoms with Crippen LogP contribution in [0.2, 0.25) is 0 Å². The Hall–Kier alpha value is -0.530. The Balaban J connectivity index is 0. The van der Waals surface area contributed by atoms with Crippen LogP contribution in [0.5, 0.6) is 0 Å². The molecule has 0 bridgehead atoms. The second-order valence-electron chi connectivity index (χ2n) is 2.84. The molecule has 0 aromatic rings. The lowest BCUT2D eigenvalue weighted by molar-refractivity contribution is -0.120. The van der Waals surface area contributed by atoms with Gasteiger partial charge in [-0.2, -0.15) is 0 Å². The SMILES string of the molecule is C.CCCCCCCC(=O)NC. The molecule has 0 saturated carbocycles. The van der Waals surface area contributed by atoms with Gasteiger partial charge in [0.15, 0.2) is 0 Å². The highest BCUT2D eigenvalue weighted by Crippen LogP contribution is 2.04. The largest absolute Gasteiger partial charge is 0.359 e. The molecule has 0 heterocycles. The highest BCUT2D eigenvalue weighted by molar-refractivity contribution is 5.75. The van der Waals surface area contributed by atoms with Gasteiger partial charge in [0.25, 0.3) is 0 Å². The van der Waals surface area contributed by atoms with Crippen molar-refractivity contribution in [2.24, 2.45) is 0 Å². The van der Waals surface area contributed by atoms with Gasteiger partial charge >= 0.3 is 0 Å². The quantitative estimate of drug-likeness (QED) is 0.615. The van der Waals surface area contributed by atoms with Crippen LogP contribution < -0.4 is 5.32 Å². The highest BCUT2D eigenvalue weighted by atomic mass is 16.1. The van der Waals surface area contributed by atoms with Crippen LogP contribution in [0.3, 0.4) is 0 Å². The number of carbonyl (C=O) groups is 1. The number of carbonyl (C=O) groups excluding carboxylic acids is 1. The summed E-state index contributed by atoms with van der Waals surface area (Å²) in [6.45, 7) is 2.19. The lowest BCUT2D eigenvalue weighted by Crippen LogP contribution is -2.16. The third-order valence-electron chi connectivity index (χ3n) is 1.79. The first-order valence-corrected chi connectivity index (χ1v) is 4.51. The van der Waals surface area contributed by atoms with Gasteiger partial charge in [-0.05, 0) is 6.42 Å². The van der Waals surface area contributed by atoms with Crippen molar-refractivity contribution in [1.29, 1.82) is 0 Å². The number of amides is 1. The summed E-state index contributed by atoms with van der Waals surface area (Å²) in [5.74, 6) is 0.168. The van der Waals surface area contributed by atoms with Crippen LogP contribution in [0.4, 0.5) is 0 Å². The minimum atomic E-state index is 0. The summed E-state index contributed by atoms with van der Waals surface area (Å²) in [5, 5.41) is 2.62. The summed E-state index contributed by atoms with van der Waals surface area (Å²) in [6, 6.07) is 0. The van der Waals surface area contributed by atoms with Gasteiger partial charge in [0.2, 0.25) is 5.91 Å². The Bertz CT molecular complexity index is 102. The van der Waals surface area contributed by atoms with Crippen LogP contribution in [0, 0.1) is 0 Å². The molecule has 0 aliphatic carbocycles. The van der Waals surface area contributed by atoms with Crippen LogP contribution in [0.1, 0.15) is 52.9 Å². The maximum atomic E-state index is 10.7. The first kappa shape index (κ1) is 14.0. The summed E-state index contributed by atoms with van der Waals surface area (Å²) >= 11 is 0. The van der Waals surface area contributed by atoms with Crippen LogP contribution in [0.25, 0.3) is 0 Å². The molecule has 0 atom stereocenters. The number of hydrogen-bond acceptors (Lipinski definition) is 1. The third-order valence-corrected chi connectivity index (χ3v) is 1.79. The van der Waals surface area contributed by atoms with Crippen LogP contribution in [-0.2, 0) is 4.79 Å². The van der Waals surface area contributed by atoms with Gasteiger partial charge in [0.1, 0.15) is 0 Å². The summed E-state index contributed by atoms with van der Waals surface area (Å²) in [6.07, 6.45) is 6.77. The summed E-state index contributed by atoms with van der Waals surface area (Å²) in [7, 11) is 1.69. The Morgan fingerprint density at radius 3 is 2.25 bits per heavy atom.